The Balaban J connectivity index is 1.32. The van der Waals surface area contributed by atoms with Crippen molar-refractivity contribution >= 4 is 28.4 Å². The fourth-order valence-corrected chi connectivity index (χ4v) is 4.24. The number of pyridine rings is 1. The first kappa shape index (κ1) is 22.0. The van der Waals surface area contributed by atoms with Crippen molar-refractivity contribution in [3.05, 3.63) is 60.6 Å². The fourth-order valence-electron chi connectivity index (χ4n) is 4.24. The van der Waals surface area contributed by atoms with Gasteiger partial charge in [0.15, 0.2) is 5.82 Å². The second-order valence-electron chi connectivity index (χ2n) is 8.88. The lowest BCUT2D eigenvalue weighted by Gasteiger charge is -2.37. The predicted molar refractivity (Wildman–Crippen MR) is 133 cm³/mol. The normalized spacial score (nSPS) is 14.6. The van der Waals surface area contributed by atoms with Crippen molar-refractivity contribution in [2.24, 2.45) is 7.05 Å². The summed E-state index contributed by atoms with van der Waals surface area (Å²) in [4.78, 5) is 22.1. The number of amides is 1. The molecule has 174 valence electrons. The molecule has 1 fully saturated rings. The number of anilines is 2. The van der Waals surface area contributed by atoms with Crippen molar-refractivity contribution in [1.82, 2.24) is 29.9 Å². The summed E-state index contributed by atoms with van der Waals surface area (Å²) in [6, 6.07) is 11.9. The molecule has 0 aliphatic carbocycles. The van der Waals surface area contributed by atoms with Gasteiger partial charge in [-0.1, -0.05) is 6.07 Å². The van der Waals surface area contributed by atoms with Gasteiger partial charge in [-0.05, 0) is 49.7 Å². The highest BCUT2D eigenvalue weighted by Crippen LogP contribution is 2.24. The van der Waals surface area contributed by atoms with Gasteiger partial charge in [-0.3, -0.25) is 14.4 Å². The van der Waals surface area contributed by atoms with Crippen molar-refractivity contribution in [1.29, 1.82) is 0 Å². The summed E-state index contributed by atoms with van der Waals surface area (Å²) in [5.74, 6) is 0.994. The molecule has 1 saturated heterocycles. The van der Waals surface area contributed by atoms with Crippen LogP contribution in [-0.4, -0.2) is 68.0 Å². The van der Waals surface area contributed by atoms with E-state index < -0.39 is 0 Å². The van der Waals surface area contributed by atoms with Gasteiger partial charge in [0.25, 0.3) is 5.91 Å². The number of carbonyl (C=O) groups is 1. The van der Waals surface area contributed by atoms with Gasteiger partial charge in [0.2, 0.25) is 0 Å². The minimum atomic E-state index is -0.235. The lowest BCUT2D eigenvalue weighted by atomic mass is 10.1. The topological polar surface area (TPSA) is 92.1 Å². The number of nitrogens with one attached hydrogen (secondary N) is 1. The molecule has 1 N–H and O–H groups in total. The SMILES string of the molecule is CC(C)N1CCN(c2cc(C(=O)Nc3cc4cc(-c5cnn(C)c5)ccc4nn3)ccn2)CC1. The summed E-state index contributed by atoms with van der Waals surface area (Å²) in [5.41, 5.74) is 3.35. The number of rotatable bonds is 5. The molecule has 9 heteroatoms. The van der Waals surface area contributed by atoms with Gasteiger partial charge < -0.3 is 10.2 Å². The van der Waals surface area contributed by atoms with Gasteiger partial charge in [-0.15, -0.1) is 10.2 Å². The van der Waals surface area contributed by atoms with E-state index in [2.05, 4.69) is 49.2 Å². The Hall–Kier alpha value is -3.85. The van der Waals surface area contributed by atoms with Crippen LogP contribution in [0.2, 0.25) is 0 Å². The third-order valence-corrected chi connectivity index (χ3v) is 6.24. The van der Waals surface area contributed by atoms with Crippen LogP contribution in [0.5, 0.6) is 0 Å². The quantitative estimate of drug-likeness (QED) is 0.493. The molecule has 34 heavy (non-hydrogen) atoms. The fraction of sp³-hybridized carbons (Fsp3) is 0.320. The van der Waals surface area contributed by atoms with Crippen LogP contribution in [0.4, 0.5) is 11.6 Å². The maximum atomic E-state index is 13.0. The zero-order chi connectivity index (χ0) is 23.7. The van der Waals surface area contributed by atoms with Crippen LogP contribution in [0.25, 0.3) is 22.0 Å². The van der Waals surface area contributed by atoms with E-state index >= 15 is 0 Å². The highest BCUT2D eigenvalue weighted by atomic mass is 16.1. The van der Waals surface area contributed by atoms with Crippen molar-refractivity contribution in [3.63, 3.8) is 0 Å². The average Bonchev–Trinajstić information content (AvgIpc) is 3.30. The number of benzene rings is 1. The van der Waals surface area contributed by atoms with Crippen molar-refractivity contribution < 1.29 is 4.79 Å². The smallest absolute Gasteiger partial charge is 0.257 e. The lowest BCUT2D eigenvalue weighted by molar-refractivity contribution is 0.102. The van der Waals surface area contributed by atoms with Crippen molar-refractivity contribution in [3.8, 4) is 11.1 Å². The number of carbonyl (C=O) groups excluding carboxylic acids is 1. The molecule has 4 heterocycles. The molecule has 1 aliphatic heterocycles. The first-order valence-corrected chi connectivity index (χ1v) is 11.5. The minimum absolute atomic E-state index is 0.235. The molecule has 1 amide bonds. The molecule has 0 radical (unpaired) electrons. The maximum Gasteiger partial charge on any atom is 0.257 e. The van der Waals surface area contributed by atoms with E-state index in [1.54, 1.807) is 16.9 Å². The Morgan fingerprint density at radius 1 is 1.00 bits per heavy atom. The van der Waals surface area contributed by atoms with E-state index in [0.29, 0.717) is 17.4 Å². The number of piperazine rings is 1. The van der Waals surface area contributed by atoms with Gasteiger partial charge in [0.05, 0.1) is 11.7 Å². The number of fused-ring (bicyclic) bond motifs is 1. The minimum Gasteiger partial charge on any atom is -0.354 e. The van der Waals surface area contributed by atoms with E-state index in [0.717, 1.165) is 54.0 Å². The van der Waals surface area contributed by atoms with Crippen molar-refractivity contribution in [2.75, 3.05) is 36.4 Å². The van der Waals surface area contributed by atoms with Gasteiger partial charge in [-0.2, -0.15) is 5.10 Å². The average molecular weight is 457 g/mol. The molecule has 0 unspecified atom stereocenters. The molecule has 3 aromatic heterocycles. The van der Waals surface area contributed by atoms with Gasteiger partial charge in [0.1, 0.15) is 5.82 Å². The number of nitrogens with zero attached hydrogens (tertiary/aromatic N) is 7. The van der Waals surface area contributed by atoms with Crippen LogP contribution >= 0.6 is 0 Å². The number of hydrogen-bond acceptors (Lipinski definition) is 7. The molecule has 1 aromatic carbocycles. The third-order valence-electron chi connectivity index (χ3n) is 6.24. The van der Waals surface area contributed by atoms with Gasteiger partial charge in [-0.25, -0.2) is 4.98 Å². The van der Waals surface area contributed by atoms with Gasteiger partial charge in [0, 0.05) is 68.2 Å². The van der Waals surface area contributed by atoms with E-state index in [-0.39, 0.29) is 5.91 Å². The zero-order valence-corrected chi connectivity index (χ0v) is 19.6. The summed E-state index contributed by atoms with van der Waals surface area (Å²) in [7, 11) is 1.89. The second kappa shape index (κ2) is 9.18. The Morgan fingerprint density at radius 3 is 2.56 bits per heavy atom. The third kappa shape index (κ3) is 4.60. The van der Waals surface area contributed by atoms with Crippen LogP contribution < -0.4 is 10.2 Å². The second-order valence-corrected chi connectivity index (χ2v) is 8.88. The summed E-state index contributed by atoms with van der Waals surface area (Å²) in [6.45, 7) is 8.20. The monoisotopic (exact) mass is 456 g/mol. The predicted octanol–water partition coefficient (Wildman–Crippen LogP) is 3.21. The Labute approximate surface area is 198 Å². The molecular formula is C25H28N8O. The van der Waals surface area contributed by atoms with Crippen LogP contribution in [-0.2, 0) is 7.05 Å². The lowest BCUT2D eigenvalue weighted by Crippen LogP contribution is -2.49. The maximum absolute atomic E-state index is 13.0. The Bertz CT molecular complexity index is 1320. The zero-order valence-electron chi connectivity index (χ0n) is 19.6. The molecular weight excluding hydrogens is 428 g/mol. The Kier molecular flexibility index (Phi) is 5.93. The van der Waals surface area contributed by atoms with Gasteiger partial charge >= 0.3 is 0 Å². The van der Waals surface area contributed by atoms with E-state index in [9.17, 15) is 4.79 Å². The molecule has 0 bridgehead atoms. The molecule has 1 aliphatic rings. The van der Waals surface area contributed by atoms with Crippen LogP contribution in [0.1, 0.15) is 24.2 Å². The molecule has 0 atom stereocenters. The summed E-state index contributed by atoms with van der Waals surface area (Å²) < 4.78 is 1.77. The standard InChI is InChI=1S/C25H28N8O/c1-17(2)32-8-10-33(11-9-32)24-14-19(6-7-26-24)25(34)28-23-13-20-12-18(4-5-22(20)29-30-23)21-15-27-31(3)16-21/h4-7,12-17H,8-11H2,1-3H3,(H,28,30,34). The summed E-state index contributed by atoms with van der Waals surface area (Å²) >= 11 is 0. The van der Waals surface area contributed by atoms with Crippen LogP contribution in [0, 0.1) is 0 Å². The summed E-state index contributed by atoms with van der Waals surface area (Å²) in [6.07, 6.45) is 5.47. The molecule has 5 rings (SSSR count). The highest BCUT2D eigenvalue weighted by molar-refractivity contribution is 6.04. The largest absolute Gasteiger partial charge is 0.354 e. The van der Waals surface area contributed by atoms with E-state index in [1.807, 2.05) is 49.8 Å². The molecule has 0 spiro atoms. The first-order valence-electron chi connectivity index (χ1n) is 11.5. The molecule has 9 nitrogen and oxygen atoms in total. The number of aryl methyl sites for hydroxylation is 1. The Morgan fingerprint density at radius 2 is 1.82 bits per heavy atom. The first-order chi connectivity index (χ1) is 16.5. The van der Waals surface area contributed by atoms with E-state index in [1.165, 1.54) is 0 Å². The number of hydrogen-bond donors (Lipinski definition) is 1. The number of aromatic nitrogens is 5. The van der Waals surface area contributed by atoms with Crippen LogP contribution in [0.3, 0.4) is 0 Å². The van der Waals surface area contributed by atoms with E-state index in [4.69, 9.17) is 0 Å². The van der Waals surface area contributed by atoms with Crippen molar-refractivity contribution in [2.45, 2.75) is 19.9 Å². The molecule has 4 aromatic rings. The molecule has 0 saturated carbocycles. The van der Waals surface area contributed by atoms with Crippen LogP contribution in [0.15, 0.2) is 55.0 Å². The summed E-state index contributed by atoms with van der Waals surface area (Å²) in [5, 5.41) is 16.5. The highest BCUT2D eigenvalue weighted by Gasteiger charge is 2.20.